The topological polar surface area (TPSA) is 0 Å². The number of thiophene rings is 1. The second kappa shape index (κ2) is 11.4. The molecule has 0 amide bonds. The second-order valence-electron chi connectivity index (χ2n) is 16.2. The first kappa shape index (κ1) is 31.0. The molecule has 13 rings (SSSR count). The van der Waals surface area contributed by atoms with Crippen molar-refractivity contribution in [3.05, 3.63) is 203 Å². The maximum absolute atomic E-state index is 2.59. The van der Waals surface area contributed by atoms with E-state index < -0.39 is 0 Å². The minimum atomic E-state index is -0.182. The Hall–Kier alpha value is -6.28. The monoisotopic (exact) mass is 728 g/mol. The maximum atomic E-state index is 2.59. The van der Waals surface area contributed by atoms with E-state index in [0.717, 1.165) is 12.8 Å². The highest BCUT2D eigenvalue weighted by molar-refractivity contribution is 7.26. The van der Waals surface area contributed by atoms with Crippen LogP contribution in [0.5, 0.6) is 0 Å². The fraction of sp³-hybridized carbons (Fsp3) is 0.0909. The van der Waals surface area contributed by atoms with Crippen LogP contribution in [0.2, 0.25) is 0 Å². The van der Waals surface area contributed by atoms with Gasteiger partial charge in [-0.1, -0.05) is 158 Å². The molecule has 0 radical (unpaired) electrons. The zero-order valence-corrected chi connectivity index (χ0v) is 31.6. The Kier molecular flexibility index (Phi) is 6.30. The number of benzene rings is 8. The lowest BCUT2D eigenvalue weighted by Crippen LogP contribution is -2.35. The van der Waals surface area contributed by atoms with Crippen LogP contribution in [-0.4, -0.2) is 0 Å². The summed E-state index contributed by atoms with van der Waals surface area (Å²) in [6.07, 6.45) is 12.0. The Morgan fingerprint density at radius 1 is 0.411 bits per heavy atom. The highest BCUT2D eigenvalue weighted by Gasteiger charge is 2.60. The van der Waals surface area contributed by atoms with Crippen molar-refractivity contribution in [3.63, 3.8) is 0 Å². The molecule has 1 heterocycles. The van der Waals surface area contributed by atoms with E-state index in [2.05, 4.69) is 182 Å². The highest BCUT2D eigenvalue weighted by atomic mass is 32.1. The van der Waals surface area contributed by atoms with E-state index in [1.807, 2.05) is 11.3 Å². The molecule has 0 bridgehead atoms. The molecule has 0 N–H and O–H groups in total. The maximum Gasteiger partial charge on any atom is 0.0433 e. The van der Waals surface area contributed by atoms with Crippen molar-refractivity contribution in [2.45, 2.75) is 30.1 Å². The van der Waals surface area contributed by atoms with Gasteiger partial charge in [0, 0.05) is 37.4 Å². The van der Waals surface area contributed by atoms with Gasteiger partial charge >= 0.3 is 0 Å². The minimum Gasteiger partial charge on any atom is -0.135 e. The van der Waals surface area contributed by atoms with Gasteiger partial charge in [-0.05, 0) is 126 Å². The van der Waals surface area contributed by atoms with Crippen LogP contribution in [-0.2, 0) is 5.41 Å². The SMILES string of the molecule is C1=Cc2c3c4c(c5cc(-c6ccccc6)ccc25)C=CCC4C2(c4ccc(-c5cccc6c5sc5ccccc56)cc4-c4ccc(-c5ccccc5)cc42)C3C1. The summed E-state index contributed by atoms with van der Waals surface area (Å²) in [6, 6.07) is 59.8. The van der Waals surface area contributed by atoms with Crippen molar-refractivity contribution >= 4 is 54.4 Å². The third-order valence-corrected chi connectivity index (χ3v) is 14.9. The summed E-state index contributed by atoms with van der Waals surface area (Å²) in [5, 5.41) is 5.46. The van der Waals surface area contributed by atoms with Crippen molar-refractivity contribution in [3.8, 4) is 44.5 Å². The van der Waals surface area contributed by atoms with Gasteiger partial charge in [-0.3, -0.25) is 0 Å². The molecule has 4 aliphatic carbocycles. The molecule has 56 heavy (non-hydrogen) atoms. The van der Waals surface area contributed by atoms with Gasteiger partial charge in [-0.25, -0.2) is 0 Å². The third kappa shape index (κ3) is 3.98. The fourth-order valence-corrected chi connectivity index (χ4v) is 12.8. The Morgan fingerprint density at radius 3 is 1.82 bits per heavy atom. The predicted octanol–water partition coefficient (Wildman–Crippen LogP) is 15.2. The number of allylic oxidation sites excluding steroid dienone is 2. The minimum absolute atomic E-state index is 0.182. The van der Waals surface area contributed by atoms with Crippen molar-refractivity contribution in [1.29, 1.82) is 0 Å². The van der Waals surface area contributed by atoms with Crippen molar-refractivity contribution in [1.82, 2.24) is 0 Å². The normalized spacial score (nSPS) is 19.6. The Bertz CT molecular complexity index is 3200. The van der Waals surface area contributed by atoms with Crippen molar-refractivity contribution in [2.24, 2.45) is 0 Å². The summed E-state index contributed by atoms with van der Waals surface area (Å²) in [5.41, 5.74) is 19.5. The first-order chi connectivity index (χ1) is 27.8. The standard InChI is InChI=1S/C55H36S/c1-3-12-33(13-4-1)35-24-27-39-42-18-10-21-48-52(42)53-43(45(39)30-35)19-11-22-49(53)55(48)47-29-26-37(38-17-9-20-44-41-16-7-8-23-51(41)56-54(38)44)31-46(47)40-28-25-36(32-50(40)55)34-14-5-2-6-15-34/h1-20,23-32,48-49H,21-22H2. The van der Waals surface area contributed by atoms with Gasteiger partial charge in [-0.15, -0.1) is 11.3 Å². The number of hydrogen-bond acceptors (Lipinski definition) is 1. The average molecular weight is 729 g/mol. The number of hydrogen-bond donors (Lipinski definition) is 0. The Labute approximate surface area is 330 Å². The summed E-state index contributed by atoms with van der Waals surface area (Å²) in [4.78, 5) is 0. The molecule has 262 valence electrons. The summed E-state index contributed by atoms with van der Waals surface area (Å²) < 4.78 is 2.73. The van der Waals surface area contributed by atoms with Gasteiger partial charge in [0.25, 0.3) is 0 Å². The van der Waals surface area contributed by atoms with Crippen LogP contribution in [0.15, 0.2) is 170 Å². The molecule has 0 saturated carbocycles. The van der Waals surface area contributed by atoms with E-state index in [0.29, 0.717) is 11.8 Å². The molecule has 1 heteroatoms. The molecule has 3 atom stereocenters. The first-order valence-electron chi connectivity index (χ1n) is 20.0. The molecule has 9 aromatic rings. The van der Waals surface area contributed by atoms with Crippen LogP contribution in [0.25, 0.3) is 87.6 Å². The molecule has 0 nitrogen and oxygen atoms in total. The van der Waals surface area contributed by atoms with Gasteiger partial charge in [0.1, 0.15) is 0 Å². The smallest absolute Gasteiger partial charge is 0.0433 e. The van der Waals surface area contributed by atoms with Gasteiger partial charge in [-0.2, -0.15) is 0 Å². The molecule has 0 fully saturated rings. The summed E-state index contributed by atoms with van der Waals surface area (Å²) in [6.45, 7) is 0. The molecule has 3 unspecified atom stereocenters. The van der Waals surface area contributed by atoms with Gasteiger partial charge in [0.15, 0.2) is 0 Å². The fourth-order valence-electron chi connectivity index (χ4n) is 11.5. The van der Waals surface area contributed by atoms with Crippen molar-refractivity contribution < 1.29 is 0 Å². The lowest BCUT2D eigenvalue weighted by molar-refractivity contribution is 0.381. The van der Waals surface area contributed by atoms with Crippen LogP contribution < -0.4 is 0 Å². The van der Waals surface area contributed by atoms with Crippen LogP contribution in [0.1, 0.15) is 58.1 Å². The molecule has 1 spiro atoms. The van der Waals surface area contributed by atoms with Gasteiger partial charge < -0.3 is 0 Å². The molecular formula is C55H36S. The first-order valence-corrected chi connectivity index (χ1v) is 20.9. The predicted molar refractivity (Wildman–Crippen MR) is 239 cm³/mol. The molecule has 0 aliphatic heterocycles. The van der Waals surface area contributed by atoms with Crippen LogP contribution in [0.4, 0.5) is 0 Å². The molecule has 8 aromatic carbocycles. The zero-order valence-electron chi connectivity index (χ0n) is 30.8. The third-order valence-electron chi connectivity index (χ3n) is 13.7. The number of fused-ring (bicyclic) bond motifs is 13. The molecule has 0 saturated heterocycles. The van der Waals surface area contributed by atoms with Gasteiger partial charge in [0.2, 0.25) is 0 Å². The van der Waals surface area contributed by atoms with E-state index >= 15 is 0 Å². The lowest BCUT2D eigenvalue weighted by atomic mass is 9.61. The molecule has 1 aromatic heterocycles. The van der Waals surface area contributed by atoms with Crippen LogP contribution in [0.3, 0.4) is 0 Å². The summed E-state index contributed by atoms with van der Waals surface area (Å²) in [7, 11) is 0. The van der Waals surface area contributed by atoms with Crippen LogP contribution >= 0.6 is 11.3 Å². The van der Waals surface area contributed by atoms with E-state index in [1.165, 1.54) is 97.7 Å². The average Bonchev–Trinajstić information content (AvgIpc) is 3.90. The largest absolute Gasteiger partial charge is 0.135 e. The van der Waals surface area contributed by atoms with Crippen LogP contribution in [0, 0.1) is 0 Å². The van der Waals surface area contributed by atoms with E-state index in [9.17, 15) is 0 Å². The summed E-state index contributed by atoms with van der Waals surface area (Å²) >= 11 is 1.92. The molecular weight excluding hydrogens is 693 g/mol. The Balaban J connectivity index is 1.08. The van der Waals surface area contributed by atoms with Crippen molar-refractivity contribution in [2.75, 3.05) is 0 Å². The summed E-state index contributed by atoms with van der Waals surface area (Å²) in [5.74, 6) is 0.691. The highest BCUT2D eigenvalue weighted by Crippen LogP contribution is 2.71. The number of rotatable bonds is 3. The second-order valence-corrected chi connectivity index (χ2v) is 17.3. The quantitative estimate of drug-likeness (QED) is 0.170. The Morgan fingerprint density at radius 2 is 1.05 bits per heavy atom. The molecule has 4 aliphatic rings. The van der Waals surface area contributed by atoms with Gasteiger partial charge in [0.05, 0.1) is 0 Å². The zero-order chi connectivity index (χ0) is 36.5. The lowest BCUT2D eigenvalue weighted by Gasteiger charge is -2.41. The van der Waals surface area contributed by atoms with E-state index in [4.69, 9.17) is 0 Å². The van der Waals surface area contributed by atoms with E-state index in [1.54, 1.807) is 11.1 Å². The van der Waals surface area contributed by atoms with E-state index in [-0.39, 0.29) is 5.41 Å².